The summed E-state index contributed by atoms with van der Waals surface area (Å²) in [6.45, 7) is 0. The van der Waals surface area contributed by atoms with Gasteiger partial charge in [-0.25, -0.2) is 5.10 Å². The third kappa shape index (κ3) is 3.51. The largest absolute Gasteiger partial charge is 0.290 e. The van der Waals surface area contributed by atoms with Crippen molar-refractivity contribution in [1.82, 2.24) is 21.0 Å². The van der Waals surface area contributed by atoms with Crippen molar-refractivity contribution in [3.63, 3.8) is 0 Å². The van der Waals surface area contributed by atoms with Gasteiger partial charge in [-0.2, -0.15) is 5.10 Å². The van der Waals surface area contributed by atoms with Gasteiger partial charge in [0.1, 0.15) is 0 Å². The minimum atomic E-state index is -0.633. The molecule has 20 heavy (non-hydrogen) atoms. The highest BCUT2D eigenvalue weighted by Gasteiger charge is 2.10. The van der Waals surface area contributed by atoms with Gasteiger partial charge >= 0.3 is 0 Å². The molecule has 1 aromatic carbocycles. The molecule has 0 fully saturated rings. The van der Waals surface area contributed by atoms with Gasteiger partial charge in [0, 0.05) is 16.1 Å². The van der Waals surface area contributed by atoms with Gasteiger partial charge in [-0.05, 0) is 30.3 Å². The highest BCUT2D eigenvalue weighted by atomic mass is 79.9. The Bertz CT molecular complexity index is 676. The topological polar surface area (TPSA) is 104 Å². The number of rotatable bonds is 2. The van der Waals surface area contributed by atoms with Crippen LogP contribution in [0, 0.1) is 0 Å². The van der Waals surface area contributed by atoms with Crippen molar-refractivity contribution in [2.24, 2.45) is 0 Å². The van der Waals surface area contributed by atoms with Crippen LogP contribution in [0.1, 0.15) is 20.8 Å². The lowest BCUT2D eigenvalue weighted by Crippen LogP contribution is -2.42. The van der Waals surface area contributed by atoms with Gasteiger partial charge in [-0.3, -0.25) is 25.2 Å². The van der Waals surface area contributed by atoms with Crippen LogP contribution in [0.15, 0.2) is 45.7 Å². The Morgan fingerprint density at radius 1 is 1.00 bits per heavy atom. The van der Waals surface area contributed by atoms with Crippen LogP contribution >= 0.6 is 15.9 Å². The van der Waals surface area contributed by atoms with Crippen LogP contribution in [0.25, 0.3) is 0 Å². The molecule has 102 valence electrons. The molecule has 0 aliphatic rings. The number of hydrazine groups is 1. The van der Waals surface area contributed by atoms with Crippen molar-refractivity contribution in [2.75, 3.05) is 0 Å². The van der Waals surface area contributed by atoms with Gasteiger partial charge in [0.05, 0.1) is 0 Å². The highest BCUT2D eigenvalue weighted by molar-refractivity contribution is 9.10. The molecule has 0 aliphatic heterocycles. The second-order valence-corrected chi connectivity index (χ2v) is 4.64. The standard InChI is InChI=1S/C12H9BrN4O3/c13-8-3-1-7(2-4-8)11(19)16-17-12(20)9-5-6-10(18)15-14-9/h1-6H,(H,15,18)(H,16,19)(H,17,20). The maximum Gasteiger partial charge on any atom is 0.290 e. The van der Waals surface area contributed by atoms with E-state index in [1.807, 2.05) is 0 Å². The maximum absolute atomic E-state index is 11.7. The molecule has 0 atom stereocenters. The lowest BCUT2D eigenvalue weighted by atomic mass is 10.2. The zero-order chi connectivity index (χ0) is 14.5. The number of hydrogen-bond acceptors (Lipinski definition) is 4. The average molecular weight is 337 g/mol. The summed E-state index contributed by atoms with van der Waals surface area (Å²) < 4.78 is 0.843. The van der Waals surface area contributed by atoms with Gasteiger partial charge in [-0.1, -0.05) is 15.9 Å². The van der Waals surface area contributed by atoms with Crippen LogP contribution in [0.3, 0.4) is 0 Å². The van der Waals surface area contributed by atoms with Gasteiger partial charge in [-0.15, -0.1) is 0 Å². The van der Waals surface area contributed by atoms with Gasteiger partial charge < -0.3 is 0 Å². The van der Waals surface area contributed by atoms with Crippen molar-refractivity contribution in [3.8, 4) is 0 Å². The van der Waals surface area contributed by atoms with E-state index >= 15 is 0 Å². The number of nitrogens with zero attached hydrogens (tertiary/aromatic N) is 1. The molecule has 2 amide bonds. The lowest BCUT2D eigenvalue weighted by molar-refractivity contribution is 0.0843. The first kappa shape index (κ1) is 13.9. The molecular formula is C12H9BrN4O3. The lowest BCUT2D eigenvalue weighted by Gasteiger charge is -2.06. The zero-order valence-electron chi connectivity index (χ0n) is 10.0. The van der Waals surface area contributed by atoms with Crippen LogP contribution in [-0.4, -0.2) is 22.0 Å². The van der Waals surface area contributed by atoms with E-state index in [1.54, 1.807) is 24.3 Å². The van der Waals surface area contributed by atoms with Crippen molar-refractivity contribution >= 4 is 27.7 Å². The quantitative estimate of drug-likeness (QED) is 0.699. The first-order chi connectivity index (χ1) is 9.56. The van der Waals surface area contributed by atoms with E-state index in [1.165, 1.54) is 12.1 Å². The molecule has 0 aliphatic carbocycles. The highest BCUT2D eigenvalue weighted by Crippen LogP contribution is 2.10. The second-order valence-electron chi connectivity index (χ2n) is 3.72. The fourth-order valence-corrected chi connectivity index (χ4v) is 1.59. The number of hydrogen-bond donors (Lipinski definition) is 3. The summed E-state index contributed by atoms with van der Waals surface area (Å²) in [5.74, 6) is -1.10. The molecule has 0 saturated carbocycles. The second kappa shape index (κ2) is 6.11. The van der Waals surface area contributed by atoms with Crippen LogP contribution in [0.4, 0.5) is 0 Å². The van der Waals surface area contributed by atoms with Crippen molar-refractivity contribution in [1.29, 1.82) is 0 Å². The molecule has 1 heterocycles. The minimum Gasteiger partial charge on any atom is -0.268 e. The summed E-state index contributed by atoms with van der Waals surface area (Å²) in [6.07, 6.45) is 0. The first-order valence-electron chi connectivity index (χ1n) is 5.48. The predicted octanol–water partition coefficient (Wildman–Crippen LogP) is 0.607. The van der Waals surface area contributed by atoms with E-state index < -0.39 is 17.4 Å². The van der Waals surface area contributed by atoms with E-state index in [4.69, 9.17) is 0 Å². The van der Waals surface area contributed by atoms with Crippen LogP contribution in [0.2, 0.25) is 0 Å². The molecule has 7 nitrogen and oxygen atoms in total. The summed E-state index contributed by atoms with van der Waals surface area (Å²) in [7, 11) is 0. The Labute approximate surface area is 121 Å². The van der Waals surface area contributed by atoms with Gasteiger partial charge in [0.2, 0.25) is 0 Å². The Morgan fingerprint density at radius 3 is 2.25 bits per heavy atom. The molecule has 0 bridgehead atoms. The number of amides is 2. The number of aromatic nitrogens is 2. The van der Waals surface area contributed by atoms with Gasteiger partial charge in [0.15, 0.2) is 5.69 Å². The summed E-state index contributed by atoms with van der Waals surface area (Å²) in [6, 6.07) is 9.03. The van der Waals surface area contributed by atoms with Crippen molar-refractivity contribution in [2.45, 2.75) is 0 Å². The van der Waals surface area contributed by atoms with Crippen molar-refractivity contribution in [3.05, 3.63) is 62.5 Å². The molecule has 8 heteroatoms. The monoisotopic (exact) mass is 336 g/mol. The maximum atomic E-state index is 11.7. The molecule has 0 spiro atoms. The predicted molar refractivity (Wildman–Crippen MR) is 73.9 cm³/mol. The zero-order valence-corrected chi connectivity index (χ0v) is 11.6. The molecule has 0 saturated heterocycles. The molecule has 2 aromatic rings. The third-order valence-corrected chi connectivity index (χ3v) is 2.84. The third-order valence-electron chi connectivity index (χ3n) is 2.31. The number of H-pyrrole nitrogens is 1. The number of benzene rings is 1. The summed E-state index contributed by atoms with van der Waals surface area (Å²) in [5, 5.41) is 5.66. The number of aromatic amines is 1. The van der Waals surface area contributed by atoms with E-state index in [0.717, 1.165) is 4.47 Å². The smallest absolute Gasteiger partial charge is 0.268 e. The Balaban J connectivity index is 1.96. The number of carbonyl (C=O) groups is 2. The molecule has 1 aromatic heterocycles. The number of nitrogens with one attached hydrogen (secondary N) is 3. The molecule has 3 N–H and O–H groups in total. The summed E-state index contributed by atoms with van der Waals surface area (Å²) >= 11 is 3.25. The summed E-state index contributed by atoms with van der Waals surface area (Å²) in [5.41, 5.74) is 4.40. The van der Waals surface area contributed by atoms with E-state index in [-0.39, 0.29) is 5.69 Å². The van der Waals surface area contributed by atoms with Gasteiger partial charge in [0.25, 0.3) is 17.4 Å². The fourth-order valence-electron chi connectivity index (χ4n) is 1.32. The van der Waals surface area contributed by atoms with E-state index in [2.05, 4.69) is 37.0 Å². The van der Waals surface area contributed by atoms with Crippen LogP contribution in [-0.2, 0) is 0 Å². The Hall–Kier alpha value is -2.48. The number of halogens is 1. The molecule has 0 unspecified atom stereocenters. The van der Waals surface area contributed by atoms with Crippen molar-refractivity contribution < 1.29 is 9.59 Å². The first-order valence-corrected chi connectivity index (χ1v) is 6.27. The minimum absolute atomic E-state index is 0.0132. The Morgan fingerprint density at radius 2 is 1.65 bits per heavy atom. The Kier molecular flexibility index (Phi) is 4.26. The molecule has 2 rings (SSSR count). The van der Waals surface area contributed by atoms with E-state index in [9.17, 15) is 14.4 Å². The average Bonchev–Trinajstić information content (AvgIpc) is 2.46. The van der Waals surface area contributed by atoms with Crippen LogP contribution < -0.4 is 16.4 Å². The number of carbonyl (C=O) groups excluding carboxylic acids is 2. The van der Waals surface area contributed by atoms with Crippen LogP contribution in [0.5, 0.6) is 0 Å². The normalized spacial score (nSPS) is 9.85. The SMILES string of the molecule is O=C(NNC(=O)c1ccc(=O)[nH]n1)c1ccc(Br)cc1. The summed E-state index contributed by atoms with van der Waals surface area (Å²) in [4.78, 5) is 34.2. The fraction of sp³-hybridized carbons (Fsp3) is 0. The van der Waals surface area contributed by atoms with E-state index in [0.29, 0.717) is 5.56 Å². The molecule has 0 radical (unpaired) electrons. The molecular weight excluding hydrogens is 328 g/mol.